The molecule has 0 aliphatic carbocycles. The van der Waals surface area contributed by atoms with E-state index in [-0.39, 0.29) is 12.0 Å². The fourth-order valence-electron chi connectivity index (χ4n) is 2.46. The molecule has 1 amide bonds. The van der Waals surface area contributed by atoms with Gasteiger partial charge in [-0.3, -0.25) is 4.79 Å². The fourth-order valence-corrected chi connectivity index (χ4v) is 4.77. The van der Waals surface area contributed by atoms with Gasteiger partial charge in [0, 0.05) is 12.6 Å². The molecule has 124 valence electrons. The Bertz CT molecular complexity index is 381. The third-order valence-corrected chi connectivity index (χ3v) is 6.00. The van der Waals surface area contributed by atoms with Gasteiger partial charge in [0.15, 0.2) is 0 Å². The normalized spacial score (nSPS) is 23.6. The first-order valence-corrected chi connectivity index (χ1v) is 11.6. The first-order chi connectivity index (χ1) is 9.89. The molecule has 0 aromatic heterocycles. The summed E-state index contributed by atoms with van der Waals surface area (Å²) >= 11 is 9.63. The number of thiol groups is 1. The zero-order valence-corrected chi connectivity index (χ0v) is 15.9. The number of likely N-dealkylation sites (tertiary alicyclic amines) is 1. The van der Waals surface area contributed by atoms with Crippen LogP contribution in [0.15, 0.2) is 0 Å². The van der Waals surface area contributed by atoms with E-state index in [1.54, 1.807) is 0 Å². The van der Waals surface area contributed by atoms with Gasteiger partial charge < -0.3 is 13.9 Å². The van der Waals surface area contributed by atoms with E-state index in [0.717, 1.165) is 32.2 Å². The van der Waals surface area contributed by atoms with Crippen LogP contribution in [0.2, 0.25) is 0 Å². The molecule has 1 aliphatic heterocycles. The lowest BCUT2D eigenvalue weighted by Crippen LogP contribution is -2.43. The Balaban J connectivity index is 2.52. The van der Waals surface area contributed by atoms with Crippen LogP contribution in [0.5, 0.6) is 0 Å². The van der Waals surface area contributed by atoms with Gasteiger partial charge in [0.2, 0.25) is 11.6 Å². The van der Waals surface area contributed by atoms with E-state index < -0.39 is 5.69 Å². The van der Waals surface area contributed by atoms with Gasteiger partial charge in [-0.25, -0.2) is 0 Å². The molecule has 0 aromatic carbocycles. The predicted octanol–water partition coefficient (Wildman–Crippen LogP) is 4.15. The van der Waals surface area contributed by atoms with Gasteiger partial charge >= 0.3 is 0 Å². The Hall–Kier alpha value is 0.390. The minimum Gasteiger partial charge on any atom is -0.340 e. The van der Waals surface area contributed by atoms with E-state index in [2.05, 4.69) is 19.2 Å². The summed E-state index contributed by atoms with van der Waals surface area (Å²) in [5.74, 6) is 0.160. The fraction of sp³-hybridized carbons (Fsp3) is 0.929. The molecule has 0 saturated carbocycles. The van der Waals surface area contributed by atoms with Gasteiger partial charge in [-0.05, 0) is 50.8 Å². The number of nitrogens with zero attached hydrogens (tertiary/aromatic N) is 1. The Morgan fingerprint density at radius 2 is 2.19 bits per heavy atom. The van der Waals surface area contributed by atoms with Crippen molar-refractivity contribution in [3.63, 3.8) is 0 Å². The molecule has 1 heterocycles. The van der Waals surface area contributed by atoms with Gasteiger partial charge in [-0.1, -0.05) is 26.1 Å². The van der Waals surface area contributed by atoms with E-state index in [1.807, 2.05) is 18.7 Å². The standard InChI is InChI=1S/C14H28NO3PS2/c1-4-10-17-19(20,21)18-13(5-2)11-14(16)15-9-7-6-8-12(15)3/h12-13H,4-11H2,1-3H3,(H,20,21)/t12?,13-/m0/s1. The van der Waals surface area contributed by atoms with Crippen molar-refractivity contribution in [2.45, 2.75) is 71.4 Å². The molecule has 1 rings (SSSR count). The molecular weight excluding hydrogens is 325 g/mol. The van der Waals surface area contributed by atoms with Crippen molar-refractivity contribution >= 4 is 35.7 Å². The first-order valence-electron chi connectivity index (χ1n) is 7.84. The number of carbonyl (C=O) groups excluding carboxylic acids is 1. The van der Waals surface area contributed by atoms with Crippen molar-refractivity contribution in [2.75, 3.05) is 13.2 Å². The number of rotatable bonds is 8. The van der Waals surface area contributed by atoms with Crippen LogP contribution >= 0.6 is 17.9 Å². The van der Waals surface area contributed by atoms with Crippen LogP contribution in [-0.4, -0.2) is 36.1 Å². The van der Waals surface area contributed by atoms with Crippen molar-refractivity contribution < 1.29 is 13.8 Å². The maximum absolute atomic E-state index is 12.4. The van der Waals surface area contributed by atoms with Crippen LogP contribution in [0.25, 0.3) is 0 Å². The minimum atomic E-state index is -2.54. The lowest BCUT2D eigenvalue weighted by Gasteiger charge is -2.34. The SMILES string of the molecule is CCCOP(=S)(S)O[C@@H](CC)CC(=O)N1CCCCC1C. The third kappa shape index (κ3) is 7.00. The summed E-state index contributed by atoms with van der Waals surface area (Å²) in [6, 6.07) is 0.333. The zero-order chi connectivity index (χ0) is 15.9. The van der Waals surface area contributed by atoms with E-state index in [9.17, 15) is 4.79 Å². The Morgan fingerprint density at radius 1 is 1.48 bits per heavy atom. The molecule has 0 bridgehead atoms. The lowest BCUT2D eigenvalue weighted by atomic mass is 10.0. The zero-order valence-electron chi connectivity index (χ0n) is 13.3. The van der Waals surface area contributed by atoms with Crippen LogP contribution in [-0.2, 0) is 25.6 Å². The molecule has 0 N–H and O–H groups in total. The van der Waals surface area contributed by atoms with Crippen LogP contribution in [0.3, 0.4) is 0 Å². The summed E-state index contributed by atoms with van der Waals surface area (Å²) in [6.45, 7) is 7.54. The number of piperidine rings is 1. The molecule has 0 aromatic rings. The largest absolute Gasteiger partial charge is 0.340 e. The van der Waals surface area contributed by atoms with E-state index >= 15 is 0 Å². The summed E-state index contributed by atoms with van der Waals surface area (Å²) in [7, 11) is 0. The van der Waals surface area contributed by atoms with Crippen LogP contribution in [0, 0.1) is 0 Å². The first kappa shape index (κ1) is 19.4. The molecule has 0 radical (unpaired) electrons. The maximum atomic E-state index is 12.4. The van der Waals surface area contributed by atoms with Gasteiger partial charge in [0.05, 0.1) is 19.1 Å². The van der Waals surface area contributed by atoms with Crippen molar-refractivity contribution in [2.24, 2.45) is 0 Å². The molecule has 1 fully saturated rings. The van der Waals surface area contributed by atoms with E-state index in [4.69, 9.17) is 20.9 Å². The molecule has 2 unspecified atom stereocenters. The van der Waals surface area contributed by atoms with Crippen LogP contribution in [0.4, 0.5) is 0 Å². The highest BCUT2D eigenvalue weighted by atomic mass is 32.9. The van der Waals surface area contributed by atoms with Crippen LogP contribution < -0.4 is 0 Å². The smallest absolute Gasteiger partial charge is 0.244 e. The van der Waals surface area contributed by atoms with Crippen LogP contribution in [0.1, 0.15) is 59.3 Å². The van der Waals surface area contributed by atoms with Gasteiger partial charge in [-0.2, -0.15) is 0 Å². The van der Waals surface area contributed by atoms with Crippen molar-refractivity contribution in [1.29, 1.82) is 0 Å². The van der Waals surface area contributed by atoms with Gasteiger partial charge in [0.25, 0.3) is 0 Å². The molecule has 1 aliphatic rings. The molecule has 1 saturated heterocycles. The highest BCUT2D eigenvalue weighted by Gasteiger charge is 2.27. The maximum Gasteiger partial charge on any atom is 0.244 e. The molecule has 7 heteroatoms. The Labute approximate surface area is 139 Å². The second-order valence-electron chi connectivity index (χ2n) is 5.57. The lowest BCUT2D eigenvalue weighted by molar-refractivity contribution is -0.136. The summed E-state index contributed by atoms with van der Waals surface area (Å²) in [5, 5.41) is 0. The second kappa shape index (κ2) is 9.51. The Kier molecular flexibility index (Phi) is 8.80. The molecule has 0 spiro atoms. The van der Waals surface area contributed by atoms with E-state index in [0.29, 0.717) is 19.1 Å². The second-order valence-corrected chi connectivity index (χ2v) is 10.8. The topological polar surface area (TPSA) is 38.8 Å². The summed E-state index contributed by atoms with van der Waals surface area (Å²) in [4.78, 5) is 14.4. The molecule has 3 atom stereocenters. The van der Waals surface area contributed by atoms with Crippen molar-refractivity contribution in [3.05, 3.63) is 0 Å². The quantitative estimate of drug-likeness (QED) is 0.525. The third-order valence-electron chi connectivity index (χ3n) is 3.72. The number of hydrogen-bond donors (Lipinski definition) is 1. The van der Waals surface area contributed by atoms with Crippen molar-refractivity contribution in [1.82, 2.24) is 4.90 Å². The van der Waals surface area contributed by atoms with Gasteiger partial charge in [-0.15, -0.1) is 0 Å². The average molecular weight is 353 g/mol. The number of carbonyl (C=O) groups is 1. The predicted molar refractivity (Wildman–Crippen MR) is 94.3 cm³/mol. The summed E-state index contributed by atoms with van der Waals surface area (Å²) < 4.78 is 11.3. The summed E-state index contributed by atoms with van der Waals surface area (Å²) in [6.07, 6.45) is 5.18. The van der Waals surface area contributed by atoms with Gasteiger partial charge in [0.1, 0.15) is 0 Å². The molecular formula is C14H28NO3PS2. The highest BCUT2D eigenvalue weighted by Crippen LogP contribution is 2.55. The number of hydrogen-bond acceptors (Lipinski definition) is 4. The minimum absolute atomic E-state index is 0.160. The molecule has 4 nitrogen and oxygen atoms in total. The summed E-state index contributed by atoms with van der Waals surface area (Å²) in [5.41, 5.74) is -2.54. The Morgan fingerprint density at radius 3 is 2.76 bits per heavy atom. The highest BCUT2D eigenvalue weighted by molar-refractivity contribution is 8.60. The number of amides is 1. The molecule has 21 heavy (non-hydrogen) atoms. The monoisotopic (exact) mass is 353 g/mol. The van der Waals surface area contributed by atoms with E-state index in [1.165, 1.54) is 6.42 Å². The van der Waals surface area contributed by atoms with Crippen molar-refractivity contribution in [3.8, 4) is 0 Å². The average Bonchev–Trinajstić information content (AvgIpc) is 2.44.